The molecule has 0 N–H and O–H groups in total. The molecule has 3 amide bonds. The fraction of sp³-hybridized carbons (Fsp3) is 0.379. The number of rotatable bonds is 6. The molecule has 5 rings (SSSR count). The molecule has 2 fully saturated rings. The van der Waals surface area contributed by atoms with Crippen LogP contribution in [0.1, 0.15) is 43.4 Å². The molecule has 3 heterocycles. The van der Waals surface area contributed by atoms with Crippen molar-refractivity contribution in [2.75, 3.05) is 19.7 Å². The number of fused-ring (bicyclic) bond motifs is 1. The van der Waals surface area contributed by atoms with Gasteiger partial charge >= 0.3 is 12.3 Å². The molecule has 13 heteroatoms. The lowest BCUT2D eigenvalue weighted by Gasteiger charge is -2.34. The molecule has 0 atom stereocenters. The summed E-state index contributed by atoms with van der Waals surface area (Å²) in [4.78, 5) is 41.4. The standard InChI is InChI=1S/C29H28ClF3N4O4S/c1-17(2)16-41-27(39)35-9-7-22(8-10-35)37-26(38)25(42-28(37)40)12-18-3-6-24-20(11-18)14-34-36(24)15-19-4-5-21(30)13-23(19)29(31,32)33/h3-6,11-14,17,22H,7-10,15-16H2,1-2H3. The summed E-state index contributed by atoms with van der Waals surface area (Å²) in [6, 6.07) is 8.55. The van der Waals surface area contributed by atoms with Gasteiger partial charge in [0.05, 0.1) is 35.3 Å². The Hall–Kier alpha value is -3.51. The molecule has 0 spiro atoms. The van der Waals surface area contributed by atoms with Crippen LogP contribution in [0.5, 0.6) is 0 Å². The van der Waals surface area contributed by atoms with Crippen LogP contribution in [0.4, 0.5) is 22.8 Å². The summed E-state index contributed by atoms with van der Waals surface area (Å²) in [5.41, 5.74) is 0.482. The SMILES string of the molecule is CC(C)COC(=O)N1CCC(N2C(=O)SC(=Cc3ccc4c(cnn4Cc4ccc(Cl)cc4C(F)(F)F)c3)C2=O)CC1. The van der Waals surface area contributed by atoms with Gasteiger partial charge in [0.15, 0.2) is 0 Å². The van der Waals surface area contributed by atoms with Crippen molar-refractivity contribution in [3.05, 3.63) is 69.2 Å². The van der Waals surface area contributed by atoms with Crippen molar-refractivity contribution >= 4 is 57.6 Å². The molecule has 0 saturated carbocycles. The average molecular weight is 621 g/mol. The molecule has 0 radical (unpaired) electrons. The molecule has 0 bridgehead atoms. The highest BCUT2D eigenvalue weighted by Crippen LogP contribution is 2.37. The van der Waals surface area contributed by atoms with E-state index < -0.39 is 11.7 Å². The minimum Gasteiger partial charge on any atom is -0.449 e. The summed E-state index contributed by atoms with van der Waals surface area (Å²) in [5, 5.41) is 4.58. The highest BCUT2D eigenvalue weighted by Gasteiger charge is 2.41. The Morgan fingerprint density at radius 3 is 2.60 bits per heavy atom. The number of thioether (sulfide) groups is 1. The molecule has 42 heavy (non-hydrogen) atoms. The van der Waals surface area contributed by atoms with E-state index in [1.165, 1.54) is 21.7 Å². The minimum absolute atomic E-state index is 0.00212. The summed E-state index contributed by atoms with van der Waals surface area (Å²) in [6.07, 6.45) is -0.838. The Kier molecular flexibility index (Phi) is 8.56. The quantitative estimate of drug-likeness (QED) is 0.275. The topological polar surface area (TPSA) is 84.7 Å². The first-order valence-electron chi connectivity index (χ1n) is 13.4. The van der Waals surface area contributed by atoms with E-state index in [2.05, 4.69) is 5.10 Å². The van der Waals surface area contributed by atoms with Gasteiger partial charge < -0.3 is 9.64 Å². The van der Waals surface area contributed by atoms with Crippen molar-refractivity contribution in [1.82, 2.24) is 19.6 Å². The molecule has 8 nitrogen and oxygen atoms in total. The van der Waals surface area contributed by atoms with Gasteiger partial charge in [-0.05, 0) is 72.0 Å². The molecule has 0 aliphatic carbocycles. The van der Waals surface area contributed by atoms with Crippen LogP contribution in [0.2, 0.25) is 5.02 Å². The van der Waals surface area contributed by atoms with E-state index in [9.17, 15) is 27.6 Å². The van der Waals surface area contributed by atoms with E-state index in [0.29, 0.717) is 49.0 Å². The fourth-order valence-electron chi connectivity index (χ4n) is 5.01. The number of ether oxygens (including phenoxy) is 1. The van der Waals surface area contributed by atoms with Gasteiger partial charge in [0.25, 0.3) is 11.1 Å². The molecule has 0 unspecified atom stereocenters. The molecule has 2 aromatic carbocycles. The largest absolute Gasteiger partial charge is 0.449 e. The van der Waals surface area contributed by atoms with Crippen LogP contribution >= 0.6 is 23.4 Å². The fourth-order valence-corrected chi connectivity index (χ4v) is 6.09. The third-order valence-corrected chi connectivity index (χ3v) is 8.23. The van der Waals surface area contributed by atoms with Crippen molar-refractivity contribution in [2.24, 2.45) is 5.92 Å². The molecule has 222 valence electrons. The van der Waals surface area contributed by atoms with E-state index >= 15 is 0 Å². The summed E-state index contributed by atoms with van der Waals surface area (Å²) in [7, 11) is 0. The van der Waals surface area contributed by atoms with Gasteiger partial charge in [0, 0.05) is 29.5 Å². The van der Waals surface area contributed by atoms with Gasteiger partial charge in [0.1, 0.15) is 0 Å². The van der Waals surface area contributed by atoms with Gasteiger partial charge in [-0.15, -0.1) is 0 Å². The first kappa shape index (κ1) is 30.0. The number of carbonyl (C=O) groups is 3. The lowest BCUT2D eigenvalue weighted by molar-refractivity contribution is -0.138. The van der Waals surface area contributed by atoms with Crippen LogP contribution in [0, 0.1) is 5.92 Å². The monoisotopic (exact) mass is 620 g/mol. The maximum Gasteiger partial charge on any atom is 0.416 e. The number of amides is 3. The average Bonchev–Trinajstić information content (AvgIpc) is 3.46. The maximum atomic E-state index is 13.6. The van der Waals surface area contributed by atoms with Gasteiger partial charge in [0.2, 0.25) is 0 Å². The normalized spacial score (nSPS) is 17.7. The third-order valence-electron chi connectivity index (χ3n) is 7.11. The zero-order chi connectivity index (χ0) is 30.2. The number of carbonyl (C=O) groups excluding carboxylic acids is 3. The van der Waals surface area contributed by atoms with E-state index in [-0.39, 0.29) is 51.2 Å². The predicted octanol–water partition coefficient (Wildman–Crippen LogP) is 7.05. The number of alkyl halides is 3. The molecular weight excluding hydrogens is 593 g/mol. The summed E-state index contributed by atoms with van der Waals surface area (Å²) in [6.45, 7) is 4.92. The highest BCUT2D eigenvalue weighted by atomic mass is 35.5. The molecule has 3 aromatic rings. The predicted molar refractivity (Wildman–Crippen MR) is 154 cm³/mol. The van der Waals surface area contributed by atoms with Crippen LogP contribution in [0.3, 0.4) is 0 Å². The van der Waals surface area contributed by atoms with Crippen LogP contribution in [0.25, 0.3) is 17.0 Å². The van der Waals surface area contributed by atoms with E-state index in [1.807, 2.05) is 13.8 Å². The van der Waals surface area contributed by atoms with Crippen molar-refractivity contribution in [3.63, 3.8) is 0 Å². The second-order valence-corrected chi connectivity index (χ2v) is 12.1. The van der Waals surface area contributed by atoms with Crippen LogP contribution < -0.4 is 0 Å². The number of imide groups is 1. The third kappa shape index (κ3) is 6.44. The zero-order valence-electron chi connectivity index (χ0n) is 22.9. The molecule has 1 aromatic heterocycles. The van der Waals surface area contributed by atoms with Crippen LogP contribution in [-0.2, 0) is 22.3 Å². The number of halogens is 4. The minimum atomic E-state index is -4.56. The highest BCUT2D eigenvalue weighted by molar-refractivity contribution is 8.18. The molecule has 2 aliphatic heterocycles. The van der Waals surface area contributed by atoms with E-state index in [0.717, 1.165) is 17.8 Å². The maximum absolute atomic E-state index is 13.6. The Balaban J connectivity index is 1.28. The first-order chi connectivity index (χ1) is 19.9. The van der Waals surface area contributed by atoms with E-state index in [4.69, 9.17) is 16.3 Å². The van der Waals surface area contributed by atoms with Gasteiger partial charge in [-0.2, -0.15) is 18.3 Å². The lowest BCUT2D eigenvalue weighted by Crippen LogP contribution is -2.48. The number of hydrogen-bond donors (Lipinski definition) is 0. The lowest BCUT2D eigenvalue weighted by atomic mass is 10.0. The van der Waals surface area contributed by atoms with Gasteiger partial charge in [-0.1, -0.05) is 37.6 Å². The number of piperidine rings is 1. The second-order valence-electron chi connectivity index (χ2n) is 10.7. The number of likely N-dealkylation sites (tertiary alicyclic amines) is 1. The second kappa shape index (κ2) is 12.0. The van der Waals surface area contributed by atoms with Crippen molar-refractivity contribution in [2.45, 2.75) is 45.5 Å². The van der Waals surface area contributed by atoms with Gasteiger partial charge in [-0.25, -0.2) is 4.79 Å². The Morgan fingerprint density at radius 1 is 1.17 bits per heavy atom. The van der Waals surface area contributed by atoms with Gasteiger partial charge in [-0.3, -0.25) is 19.2 Å². The first-order valence-corrected chi connectivity index (χ1v) is 14.6. The summed E-state index contributed by atoms with van der Waals surface area (Å²) in [5.74, 6) is -0.157. The Labute approximate surface area is 249 Å². The van der Waals surface area contributed by atoms with E-state index in [1.54, 1.807) is 35.4 Å². The molecule has 2 aliphatic rings. The Morgan fingerprint density at radius 2 is 1.90 bits per heavy atom. The number of benzene rings is 2. The van der Waals surface area contributed by atoms with Crippen LogP contribution in [0.15, 0.2) is 47.5 Å². The number of aromatic nitrogens is 2. The summed E-state index contributed by atoms with van der Waals surface area (Å²) < 4.78 is 47.4. The molecular formula is C29H28ClF3N4O4S. The Bertz CT molecular complexity index is 1560. The zero-order valence-corrected chi connectivity index (χ0v) is 24.4. The smallest absolute Gasteiger partial charge is 0.416 e. The number of nitrogens with zero attached hydrogens (tertiary/aromatic N) is 4. The molecule has 2 saturated heterocycles. The van der Waals surface area contributed by atoms with Crippen LogP contribution in [-0.4, -0.2) is 62.6 Å². The summed E-state index contributed by atoms with van der Waals surface area (Å²) >= 11 is 6.66. The van der Waals surface area contributed by atoms with Crippen molar-refractivity contribution in [1.29, 1.82) is 0 Å². The van der Waals surface area contributed by atoms with Crippen molar-refractivity contribution < 1.29 is 32.3 Å². The number of hydrogen-bond acceptors (Lipinski definition) is 6. The van der Waals surface area contributed by atoms with Crippen molar-refractivity contribution in [3.8, 4) is 0 Å².